The highest BCUT2D eigenvalue weighted by molar-refractivity contribution is 9.11. The SMILES string of the molecule is Nc1nc(-c2cc(F)ccc2Br)nc(C2CCCC2)c1Br. The third-order valence-corrected chi connectivity index (χ3v) is 5.32. The first-order chi connectivity index (χ1) is 10.1. The number of hydrogen-bond acceptors (Lipinski definition) is 3. The van der Waals surface area contributed by atoms with Gasteiger partial charge in [-0.15, -0.1) is 0 Å². The monoisotopic (exact) mass is 413 g/mol. The fourth-order valence-electron chi connectivity index (χ4n) is 2.74. The fraction of sp³-hybridized carbons (Fsp3) is 0.333. The van der Waals surface area contributed by atoms with Crippen LogP contribution in [0, 0.1) is 5.82 Å². The van der Waals surface area contributed by atoms with Crippen LogP contribution in [0.15, 0.2) is 27.1 Å². The summed E-state index contributed by atoms with van der Waals surface area (Å²) in [4.78, 5) is 8.95. The molecule has 0 spiro atoms. The summed E-state index contributed by atoms with van der Waals surface area (Å²) >= 11 is 6.91. The van der Waals surface area contributed by atoms with Crippen LogP contribution in [0.5, 0.6) is 0 Å². The van der Waals surface area contributed by atoms with Gasteiger partial charge in [-0.3, -0.25) is 0 Å². The van der Waals surface area contributed by atoms with Crippen molar-refractivity contribution in [1.82, 2.24) is 9.97 Å². The predicted octanol–water partition coefficient (Wildman–Crippen LogP) is 5.05. The number of rotatable bonds is 2. The van der Waals surface area contributed by atoms with Gasteiger partial charge in [-0.1, -0.05) is 28.8 Å². The Bertz CT molecular complexity index is 685. The Kier molecular flexibility index (Phi) is 4.26. The maximum absolute atomic E-state index is 13.5. The molecule has 1 aliphatic carbocycles. The molecule has 3 nitrogen and oxygen atoms in total. The van der Waals surface area contributed by atoms with Gasteiger partial charge in [-0.2, -0.15) is 0 Å². The van der Waals surface area contributed by atoms with Crippen molar-refractivity contribution in [2.24, 2.45) is 0 Å². The van der Waals surface area contributed by atoms with Gasteiger partial charge in [0.05, 0.1) is 10.2 Å². The van der Waals surface area contributed by atoms with Crippen molar-refractivity contribution >= 4 is 37.7 Å². The van der Waals surface area contributed by atoms with Crippen molar-refractivity contribution in [1.29, 1.82) is 0 Å². The normalized spacial score (nSPS) is 15.6. The summed E-state index contributed by atoms with van der Waals surface area (Å²) in [7, 11) is 0. The number of halogens is 3. The average molecular weight is 415 g/mol. The number of nitrogen functional groups attached to an aromatic ring is 1. The zero-order valence-electron chi connectivity index (χ0n) is 11.2. The van der Waals surface area contributed by atoms with E-state index in [0.717, 1.165) is 27.5 Å². The first-order valence-electron chi connectivity index (χ1n) is 6.84. The lowest BCUT2D eigenvalue weighted by molar-refractivity contribution is 0.627. The minimum absolute atomic E-state index is 0.319. The van der Waals surface area contributed by atoms with Crippen molar-refractivity contribution in [2.75, 3.05) is 5.73 Å². The molecule has 1 aromatic heterocycles. The van der Waals surface area contributed by atoms with Crippen molar-refractivity contribution in [2.45, 2.75) is 31.6 Å². The first kappa shape index (κ1) is 14.9. The maximum Gasteiger partial charge on any atom is 0.163 e. The number of benzene rings is 1. The van der Waals surface area contributed by atoms with Crippen LogP contribution < -0.4 is 5.73 Å². The van der Waals surface area contributed by atoms with E-state index >= 15 is 0 Å². The number of nitrogens with zero attached hydrogens (tertiary/aromatic N) is 2. The molecule has 0 amide bonds. The largest absolute Gasteiger partial charge is 0.383 e. The molecule has 1 aromatic carbocycles. The summed E-state index contributed by atoms with van der Waals surface area (Å²) < 4.78 is 15.0. The van der Waals surface area contributed by atoms with E-state index in [-0.39, 0.29) is 5.82 Å². The first-order valence-corrected chi connectivity index (χ1v) is 8.43. The molecule has 1 saturated carbocycles. The summed E-state index contributed by atoms with van der Waals surface area (Å²) in [6.45, 7) is 0. The smallest absolute Gasteiger partial charge is 0.163 e. The van der Waals surface area contributed by atoms with Crippen LogP contribution in [0.4, 0.5) is 10.2 Å². The van der Waals surface area contributed by atoms with Crippen LogP contribution in [-0.2, 0) is 0 Å². The quantitative estimate of drug-likeness (QED) is 0.748. The molecule has 0 unspecified atom stereocenters. The van der Waals surface area contributed by atoms with E-state index in [1.54, 1.807) is 6.07 Å². The van der Waals surface area contributed by atoms with Crippen LogP contribution in [0.2, 0.25) is 0 Å². The molecule has 3 rings (SSSR count). The van der Waals surface area contributed by atoms with Crippen molar-refractivity contribution in [3.05, 3.63) is 38.7 Å². The van der Waals surface area contributed by atoms with Crippen LogP contribution >= 0.6 is 31.9 Å². The molecule has 110 valence electrons. The molecule has 0 aliphatic heterocycles. The molecule has 1 heterocycles. The van der Waals surface area contributed by atoms with Gasteiger partial charge in [0, 0.05) is 16.0 Å². The third-order valence-electron chi connectivity index (χ3n) is 3.81. The Morgan fingerprint density at radius 3 is 2.57 bits per heavy atom. The summed E-state index contributed by atoms with van der Waals surface area (Å²) in [5, 5.41) is 0. The van der Waals surface area contributed by atoms with Gasteiger partial charge in [0.2, 0.25) is 0 Å². The fourth-order valence-corrected chi connectivity index (χ4v) is 3.67. The molecule has 21 heavy (non-hydrogen) atoms. The van der Waals surface area contributed by atoms with Gasteiger partial charge in [-0.05, 0) is 47.0 Å². The van der Waals surface area contributed by atoms with Crippen LogP contribution in [0.3, 0.4) is 0 Å². The van der Waals surface area contributed by atoms with E-state index < -0.39 is 0 Å². The van der Waals surface area contributed by atoms with E-state index in [0.29, 0.717) is 23.1 Å². The maximum atomic E-state index is 13.5. The van der Waals surface area contributed by atoms with Gasteiger partial charge in [0.15, 0.2) is 5.82 Å². The van der Waals surface area contributed by atoms with Crippen LogP contribution in [0.25, 0.3) is 11.4 Å². The second-order valence-corrected chi connectivity index (χ2v) is 6.88. The minimum Gasteiger partial charge on any atom is -0.383 e. The molecule has 0 atom stereocenters. The zero-order chi connectivity index (χ0) is 15.0. The lowest BCUT2D eigenvalue weighted by Gasteiger charge is -2.14. The molecule has 2 aromatic rings. The Hall–Kier alpha value is -1.01. The molecule has 0 saturated heterocycles. The second-order valence-electron chi connectivity index (χ2n) is 5.24. The van der Waals surface area contributed by atoms with Gasteiger partial charge >= 0.3 is 0 Å². The predicted molar refractivity (Wildman–Crippen MR) is 88.4 cm³/mol. The number of hydrogen-bond donors (Lipinski definition) is 1. The summed E-state index contributed by atoms with van der Waals surface area (Å²) in [6, 6.07) is 4.47. The van der Waals surface area contributed by atoms with E-state index in [2.05, 4.69) is 41.8 Å². The Morgan fingerprint density at radius 2 is 1.86 bits per heavy atom. The minimum atomic E-state index is -0.319. The lowest BCUT2D eigenvalue weighted by atomic mass is 10.0. The van der Waals surface area contributed by atoms with E-state index in [4.69, 9.17) is 5.73 Å². The second kappa shape index (κ2) is 6.01. The molecule has 0 bridgehead atoms. The highest BCUT2D eigenvalue weighted by atomic mass is 79.9. The number of nitrogens with two attached hydrogens (primary N) is 1. The van der Waals surface area contributed by atoms with Crippen molar-refractivity contribution in [3.8, 4) is 11.4 Å². The zero-order valence-corrected chi connectivity index (χ0v) is 14.4. The number of anilines is 1. The van der Waals surface area contributed by atoms with Gasteiger partial charge < -0.3 is 5.73 Å². The molecule has 2 N–H and O–H groups in total. The Morgan fingerprint density at radius 1 is 1.14 bits per heavy atom. The Labute approximate surface area is 139 Å². The molecule has 1 aliphatic rings. The molecule has 6 heteroatoms. The standard InChI is InChI=1S/C15H14Br2FN3/c16-11-6-5-9(18)7-10(11)15-20-13(8-3-1-2-4-8)12(17)14(19)21-15/h5-8H,1-4H2,(H2,19,20,21). The van der Waals surface area contributed by atoms with E-state index in [9.17, 15) is 4.39 Å². The van der Waals surface area contributed by atoms with E-state index in [1.165, 1.54) is 25.0 Å². The highest BCUT2D eigenvalue weighted by Crippen LogP contribution is 2.39. The van der Waals surface area contributed by atoms with Gasteiger partial charge in [0.1, 0.15) is 11.6 Å². The van der Waals surface area contributed by atoms with Crippen LogP contribution in [-0.4, -0.2) is 9.97 Å². The number of aromatic nitrogens is 2. The molecule has 0 radical (unpaired) electrons. The summed E-state index contributed by atoms with van der Waals surface area (Å²) in [5.41, 5.74) is 7.56. The Balaban J connectivity index is 2.13. The third kappa shape index (κ3) is 2.97. The molecular weight excluding hydrogens is 401 g/mol. The highest BCUT2D eigenvalue weighted by Gasteiger charge is 2.24. The van der Waals surface area contributed by atoms with E-state index in [1.807, 2.05) is 0 Å². The molecule has 1 fully saturated rings. The average Bonchev–Trinajstić information content (AvgIpc) is 2.98. The summed E-state index contributed by atoms with van der Waals surface area (Å²) in [5.74, 6) is 0.943. The topological polar surface area (TPSA) is 51.8 Å². The summed E-state index contributed by atoms with van der Waals surface area (Å²) in [6.07, 6.45) is 4.64. The van der Waals surface area contributed by atoms with Crippen LogP contribution in [0.1, 0.15) is 37.3 Å². The molecular formula is C15H14Br2FN3. The lowest BCUT2D eigenvalue weighted by Crippen LogP contribution is -2.06. The van der Waals surface area contributed by atoms with Crippen molar-refractivity contribution < 1.29 is 4.39 Å². The van der Waals surface area contributed by atoms with Gasteiger partial charge in [-0.25, -0.2) is 14.4 Å². The van der Waals surface area contributed by atoms with Crippen molar-refractivity contribution in [3.63, 3.8) is 0 Å². The van der Waals surface area contributed by atoms with Gasteiger partial charge in [0.25, 0.3) is 0 Å².